The molecule has 236 valence electrons. The Balaban J connectivity index is 1.38. The molecule has 45 heavy (non-hydrogen) atoms. The van der Waals surface area contributed by atoms with E-state index in [0.29, 0.717) is 54.3 Å². The van der Waals surface area contributed by atoms with Gasteiger partial charge in [0.2, 0.25) is 23.0 Å². The first kappa shape index (κ1) is 31.2. The normalized spacial score (nSPS) is 13.6. The summed E-state index contributed by atoms with van der Waals surface area (Å²) in [5.74, 6) is 1.76. The quantitative estimate of drug-likeness (QED) is 0.231. The first-order valence-corrected chi connectivity index (χ1v) is 14.7. The van der Waals surface area contributed by atoms with Crippen LogP contribution in [-0.4, -0.2) is 57.9 Å². The minimum Gasteiger partial charge on any atom is -0.497 e. The highest BCUT2D eigenvalue weighted by molar-refractivity contribution is 5.85. The number of carbonyl (C=O) groups excluding carboxylic acids is 2. The van der Waals surface area contributed by atoms with Crippen molar-refractivity contribution >= 4 is 28.4 Å². The Morgan fingerprint density at radius 1 is 0.933 bits per heavy atom. The molecule has 0 bridgehead atoms. The minimum absolute atomic E-state index is 0.0897. The fourth-order valence-electron chi connectivity index (χ4n) is 5.91. The van der Waals surface area contributed by atoms with Crippen LogP contribution in [0.25, 0.3) is 22.0 Å². The molecule has 0 saturated carbocycles. The number of hydrogen-bond donors (Lipinski definition) is 3. The number of ether oxygens (including phenoxy) is 4. The molecule has 1 heterocycles. The average Bonchev–Trinajstić information content (AvgIpc) is 3.29. The van der Waals surface area contributed by atoms with Crippen molar-refractivity contribution in [3.05, 3.63) is 76.1 Å². The molecule has 3 N–H and O–H groups in total. The van der Waals surface area contributed by atoms with E-state index >= 15 is 0 Å². The predicted octanol–water partition coefficient (Wildman–Crippen LogP) is 4.05. The molecule has 2 amide bonds. The molecule has 5 rings (SSSR count). The van der Waals surface area contributed by atoms with Gasteiger partial charge in [-0.25, -0.2) is 0 Å². The average molecular weight is 615 g/mol. The first-order valence-electron chi connectivity index (χ1n) is 14.7. The van der Waals surface area contributed by atoms with E-state index in [4.69, 9.17) is 18.9 Å². The second kappa shape index (κ2) is 13.6. The van der Waals surface area contributed by atoms with Crippen molar-refractivity contribution in [1.29, 1.82) is 0 Å². The van der Waals surface area contributed by atoms with Gasteiger partial charge < -0.3 is 39.5 Å². The Hall–Kier alpha value is -5.19. The number of fused-ring (bicyclic) bond motifs is 4. The van der Waals surface area contributed by atoms with E-state index in [-0.39, 0.29) is 29.5 Å². The summed E-state index contributed by atoms with van der Waals surface area (Å²) in [6.07, 6.45) is 3.12. The van der Waals surface area contributed by atoms with Crippen LogP contribution in [0.3, 0.4) is 0 Å². The number of carbonyl (C=O) groups is 2. The molecule has 11 nitrogen and oxygen atoms in total. The minimum atomic E-state index is -0.423. The number of anilines is 1. The van der Waals surface area contributed by atoms with Gasteiger partial charge in [0.05, 0.1) is 46.7 Å². The van der Waals surface area contributed by atoms with Gasteiger partial charge in [-0.1, -0.05) is 6.07 Å². The number of amides is 2. The Morgan fingerprint density at radius 2 is 1.73 bits per heavy atom. The van der Waals surface area contributed by atoms with Crippen molar-refractivity contribution in [3.8, 4) is 34.1 Å². The SMILES string of the molecule is COc1ccc2c(ccn2CCNC(=O)CNc2ccc3c(cc2=O)[C@H](NC(C)=O)CCc2cc(OC)c(OC)c(OC)c2-3)c1. The van der Waals surface area contributed by atoms with Crippen LogP contribution < -0.4 is 40.3 Å². The predicted molar refractivity (Wildman–Crippen MR) is 173 cm³/mol. The number of methoxy groups -OCH3 is 4. The molecule has 1 atom stereocenters. The van der Waals surface area contributed by atoms with Crippen LogP contribution in [0.1, 0.15) is 30.5 Å². The van der Waals surface area contributed by atoms with Gasteiger partial charge in [0.1, 0.15) is 5.75 Å². The number of aryl methyl sites for hydroxylation is 1. The van der Waals surface area contributed by atoms with Crippen LogP contribution in [0, 0.1) is 0 Å². The third kappa shape index (κ3) is 6.52. The summed E-state index contributed by atoms with van der Waals surface area (Å²) in [5.41, 5.74) is 4.04. The number of rotatable bonds is 11. The maximum atomic E-state index is 13.5. The van der Waals surface area contributed by atoms with E-state index in [0.717, 1.165) is 27.8 Å². The molecular weight excluding hydrogens is 576 g/mol. The molecule has 11 heteroatoms. The van der Waals surface area contributed by atoms with Gasteiger partial charge in [-0.05, 0) is 72.0 Å². The molecule has 0 spiro atoms. The topological polar surface area (TPSA) is 129 Å². The highest BCUT2D eigenvalue weighted by Crippen LogP contribution is 2.50. The second-order valence-electron chi connectivity index (χ2n) is 10.7. The smallest absolute Gasteiger partial charge is 0.239 e. The molecule has 1 aliphatic rings. The van der Waals surface area contributed by atoms with E-state index in [2.05, 4.69) is 20.5 Å². The number of hydrogen-bond acceptors (Lipinski definition) is 8. The number of nitrogens with zero attached hydrogens (tertiary/aromatic N) is 1. The van der Waals surface area contributed by atoms with Gasteiger partial charge in [-0.15, -0.1) is 0 Å². The highest BCUT2D eigenvalue weighted by atomic mass is 16.5. The lowest BCUT2D eigenvalue weighted by Crippen LogP contribution is -2.33. The maximum Gasteiger partial charge on any atom is 0.239 e. The number of nitrogens with one attached hydrogen (secondary N) is 3. The summed E-state index contributed by atoms with van der Waals surface area (Å²) in [7, 11) is 6.29. The molecule has 4 aromatic rings. The lowest BCUT2D eigenvalue weighted by atomic mass is 9.95. The van der Waals surface area contributed by atoms with E-state index in [1.54, 1.807) is 27.4 Å². The first-order chi connectivity index (χ1) is 21.8. The number of benzene rings is 2. The van der Waals surface area contributed by atoms with Crippen molar-refractivity contribution in [2.45, 2.75) is 32.4 Å². The molecule has 0 saturated heterocycles. The third-order valence-electron chi connectivity index (χ3n) is 8.01. The Morgan fingerprint density at radius 3 is 2.44 bits per heavy atom. The summed E-state index contributed by atoms with van der Waals surface area (Å²) in [4.78, 5) is 38.4. The zero-order valence-electron chi connectivity index (χ0n) is 26.1. The molecule has 0 aliphatic heterocycles. The lowest BCUT2D eigenvalue weighted by molar-refractivity contribution is -0.120. The zero-order chi connectivity index (χ0) is 32.1. The Labute approximate surface area is 261 Å². The van der Waals surface area contributed by atoms with Crippen LogP contribution in [0.4, 0.5) is 5.69 Å². The molecule has 1 aromatic heterocycles. The van der Waals surface area contributed by atoms with Crippen LogP contribution in [0.5, 0.6) is 23.0 Å². The van der Waals surface area contributed by atoms with Crippen LogP contribution in [0.15, 0.2) is 59.5 Å². The summed E-state index contributed by atoms with van der Waals surface area (Å²) < 4.78 is 24.4. The van der Waals surface area contributed by atoms with Crippen LogP contribution in [0.2, 0.25) is 0 Å². The van der Waals surface area contributed by atoms with Crippen molar-refractivity contribution in [2.75, 3.05) is 46.8 Å². The summed E-state index contributed by atoms with van der Waals surface area (Å²) >= 11 is 0. The van der Waals surface area contributed by atoms with E-state index in [1.807, 2.05) is 42.6 Å². The van der Waals surface area contributed by atoms with Gasteiger partial charge >= 0.3 is 0 Å². The van der Waals surface area contributed by atoms with Crippen LogP contribution >= 0.6 is 0 Å². The Kier molecular flexibility index (Phi) is 9.46. The monoisotopic (exact) mass is 614 g/mol. The largest absolute Gasteiger partial charge is 0.497 e. The van der Waals surface area contributed by atoms with Crippen molar-refractivity contribution < 1.29 is 28.5 Å². The maximum absolute atomic E-state index is 13.5. The van der Waals surface area contributed by atoms with Gasteiger partial charge in [0.15, 0.2) is 11.5 Å². The Bertz CT molecular complexity index is 1800. The third-order valence-corrected chi connectivity index (χ3v) is 8.01. The van der Waals surface area contributed by atoms with E-state index in [1.165, 1.54) is 20.1 Å². The summed E-state index contributed by atoms with van der Waals surface area (Å²) in [5, 5.41) is 9.96. The van der Waals surface area contributed by atoms with Crippen LogP contribution in [-0.2, 0) is 22.6 Å². The molecule has 0 radical (unpaired) electrons. The summed E-state index contributed by atoms with van der Waals surface area (Å²) in [6, 6.07) is 14.3. The second-order valence-corrected chi connectivity index (χ2v) is 10.7. The standard InChI is InChI=1S/C34H38N4O7/c1-20(39)37-26-9-6-22-17-30(43-3)33(44-4)34(45-5)32(22)24-8-10-27(29(40)18-25(24)26)36-19-31(41)35-13-15-38-14-12-21-16-23(42-2)7-11-28(21)38/h7-8,10-12,14,16-18,26H,6,9,13,15,19H2,1-5H3,(H,35,41)(H,36,40)(H,37,39)/t26-/m1/s1. The molecule has 0 fully saturated rings. The molecule has 0 unspecified atom stereocenters. The van der Waals surface area contributed by atoms with Gasteiger partial charge in [0.25, 0.3) is 0 Å². The zero-order valence-corrected chi connectivity index (χ0v) is 26.1. The molecule has 1 aliphatic carbocycles. The fourth-order valence-corrected chi connectivity index (χ4v) is 5.91. The van der Waals surface area contributed by atoms with Crippen molar-refractivity contribution in [3.63, 3.8) is 0 Å². The molecule has 3 aromatic carbocycles. The highest BCUT2D eigenvalue weighted by Gasteiger charge is 2.29. The van der Waals surface area contributed by atoms with Crippen molar-refractivity contribution in [2.24, 2.45) is 0 Å². The van der Waals surface area contributed by atoms with Gasteiger partial charge in [-0.3, -0.25) is 14.4 Å². The van der Waals surface area contributed by atoms with Gasteiger partial charge in [0, 0.05) is 42.7 Å². The van der Waals surface area contributed by atoms with E-state index < -0.39 is 6.04 Å². The fraction of sp³-hybridized carbons (Fsp3) is 0.324. The lowest BCUT2D eigenvalue weighted by Gasteiger charge is -2.19. The van der Waals surface area contributed by atoms with Crippen molar-refractivity contribution in [1.82, 2.24) is 15.2 Å². The van der Waals surface area contributed by atoms with E-state index in [9.17, 15) is 14.4 Å². The number of aromatic nitrogens is 1. The summed E-state index contributed by atoms with van der Waals surface area (Å²) in [6.45, 7) is 2.36. The van der Waals surface area contributed by atoms with Gasteiger partial charge in [-0.2, -0.15) is 0 Å². The molecular formula is C34H38N4O7.